The maximum Gasteiger partial charge on any atom is 0.251 e. The quantitative estimate of drug-likeness (QED) is 0.338. The van der Waals surface area contributed by atoms with Crippen LogP contribution < -0.4 is 10.6 Å². The van der Waals surface area contributed by atoms with Gasteiger partial charge in [-0.1, -0.05) is 58.0 Å². The van der Waals surface area contributed by atoms with E-state index >= 15 is 0 Å². The minimum atomic E-state index is -0.835. The fourth-order valence-electron chi connectivity index (χ4n) is 7.67. The summed E-state index contributed by atoms with van der Waals surface area (Å²) in [6.07, 6.45) is 1.57. The Bertz CT molecular complexity index is 1260. The number of hydrogen-bond acceptors (Lipinski definition) is 6. The van der Waals surface area contributed by atoms with Crippen LogP contribution in [0.5, 0.6) is 0 Å². The molecule has 6 rings (SSSR count). The highest BCUT2D eigenvalue weighted by atomic mass is 16.7. The van der Waals surface area contributed by atoms with Gasteiger partial charge < -0.3 is 20.8 Å². The normalized spacial score (nSPS) is 30.8. The van der Waals surface area contributed by atoms with Gasteiger partial charge >= 0.3 is 0 Å². The zero-order valence-corrected chi connectivity index (χ0v) is 25.5. The second kappa shape index (κ2) is 12.4. The number of rotatable bonds is 10. The lowest BCUT2D eigenvalue weighted by atomic mass is 9.45. The molecule has 2 aromatic carbocycles. The van der Waals surface area contributed by atoms with Gasteiger partial charge in [0.05, 0.1) is 19.3 Å². The first-order chi connectivity index (χ1) is 20.0. The first-order valence-electron chi connectivity index (χ1n) is 15.5. The molecule has 0 aromatic heterocycles. The van der Waals surface area contributed by atoms with Gasteiger partial charge in [0.15, 0.2) is 0 Å². The molecule has 3 aliphatic carbocycles. The van der Waals surface area contributed by atoms with E-state index in [1.807, 2.05) is 55.5 Å². The van der Waals surface area contributed by atoms with Crippen molar-refractivity contribution in [3.63, 3.8) is 0 Å². The Hall–Kier alpha value is -2.78. The molecule has 1 saturated heterocycles. The zero-order valence-electron chi connectivity index (χ0n) is 25.5. The maximum absolute atomic E-state index is 13.9. The second-order valence-electron chi connectivity index (χ2n) is 13.3. The molecule has 42 heavy (non-hydrogen) atoms. The lowest BCUT2D eigenvalue weighted by Gasteiger charge is -2.62. The van der Waals surface area contributed by atoms with Crippen molar-refractivity contribution >= 4 is 11.8 Å². The zero-order chi connectivity index (χ0) is 30.2. The minimum Gasteiger partial charge on any atom is -0.394 e. The van der Waals surface area contributed by atoms with Crippen LogP contribution in [0.25, 0.3) is 11.1 Å². The van der Waals surface area contributed by atoms with Gasteiger partial charge in [-0.3, -0.25) is 14.4 Å². The second-order valence-corrected chi connectivity index (χ2v) is 13.3. The third-order valence-corrected chi connectivity index (χ3v) is 10.3. The molecule has 0 spiro atoms. The molecule has 0 radical (unpaired) electrons. The van der Waals surface area contributed by atoms with E-state index in [1.165, 1.54) is 6.42 Å². The van der Waals surface area contributed by atoms with Crippen LogP contribution >= 0.6 is 0 Å². The number of carbonyl (C=O) groups excluding carboxylic acids is 2. The van der Waals surface area contributed by atoms with E-state index in [0.717, 1.165) is 29.5 Å². The Morgan fingerprint density at radius 1 is 1.12 bits per heavy atom. The van der Waals surface area contributed by atoms with E-state index in [1.54, 1.807) is 12.0 Å². The molecule has 2 amide bonds. The van der Waals surface area contributed by atoms with Gasteiger partial charge in [-0.05, 0) is 84.2 Å². The summed E-state index contributed by atoms with van der Waals surface area (Å²) in [5, 5.41) is 28.7. The number of fused-ring (bicyclic) bond motifs is 2. The van der Waals surface area contributed by atoms with Crippen LogP contribution in [0.3, 0.4) is 0 Å². The fourth-order valence-corrected chi connectivity index (χ4v) is 7.67. The summed E-state index contributed by atoms with van der Waals surface area (Å²) in [6.45, 7) is 11.3. The summed E-state index contributed by atoms with van der Waals surface area (Å²) in [5.74, 6) is 0.791. The predicted molar refractivity (Wildman–Crippen MR) is 162 cm³/mol. The molecule has 8 atom stereocenters. The molecule has 4 N–H and O–H groups in total. The Morgan fingerprint density at radius 2 is 1.86 bits per heavy atom. The van der Waals surface area contributed by atoms with E-state index in [-0.39, 0.29) is 24.5 Å². The summed E-state index contributed by atoms with van der Waals surface area (Å²) >= 11 is 0. The summed E-state index contributed by atoms with van der Waals surface area (Å²) in [7, 11) is 0. The largest absolute Gasteiger partial charge is 0.394 e. The SMILES string of the molecule is CCCNC(=O)c1ccc(-c2cccc(CN3OC(CO)[C@@H]([C@H](C)O)[C@H]3C(=O)N[C@H]3C[C@H]4C[C@@H](C3C)C4(C)C)c2)cc1. The van der Waals surface area contributed by atoms with Crippen molar-refractivity contribution < 1.29 is 24.6 Å². The maximum atomic E-state index is 13.9. The van der Waals surface area contributed by atoms with Crippen molar-refractivity contribution in [3.8, 4) is 11.1 Å². The average molecular weight is 578 g/mol. The topological polar surface area (TPSA) is 111 Å². The first-order valence-corrected chi connectivity index (χ1v) is 15.5. The Labute approximate surface area is 249 Å². The Morgan fingerprint density at radius 3 is 2.48 bits per heavy atom. The smallest absolute Gasteiger partial charge is 0.251 e. The minimum absolute atomic E-state index is 0.0814. The molecule has 1 aliphatic heterocycles. The van der Waals surface area contributed by atoms with Crippen molar-refractivity contribution in [3.05, 3.63) is 59.7 Å². The van der Waals surface area contributed by atoms with Gasteiger partial charge in [-0.2, -0.15) is 5.06 Å². The number of benzene rings is 2. The monoisotopic (exact) mass is 577 g/mol. The molecule has 4 aliphatic rings. The van der Waals surface area contributed by atoms with Crippen LogP contribution in [0.4, 0.5) is 0 Å². The van der Waals surface area contributed by atoms with Gasteiger partial charge in [-0.15, -0.1) is 0 Å². The standard InChI is InChI=1S/C34H47N3O5/c1-6-14-35-32(40)24-12-10-23(11-13-24)25-9-7-8-22(15-25)18-37-31(30(21(3)39)29(19-38)42-37)33(41)36-28-17-26-16-27(20(28)2)34(26,4)5/h7-13,15,20-21,26-31,38-39H,6,14,16-19H2,1-5H3,(H,35,40)(H,36,41)/t20?,21-,26+,27-,28-,29?,30+,31-/m0/s1. The molecule has 2 unspecified atom stereocenters. The van der Waals surface area contributed by atoms with Gasteiger partial charge in [-0.25, -0.2) is 0 Å². The number of carbonyl (C=O) groups is 2. The van der Waals surface area contributed by atoms with Crippen molar-refractivity contribution in [2.75, 3.05) is 13.2 Å². The first kappa shape index (κ1) is 30.7. The third kappa shape index (κ3) is 5.87. The lowest BCUT2D eigenvalue weighted by Crippen LogP contribution is -2.62. The molecule has 8 nitrogen and oxygen atoms in total. The molecule has 228 valence electrons. The Balaban J connectivity index is 1.32. The lowest BCUT2D eigenvalue weighted by molar-refractivity contribution is -0.183. The highest BCUT2D eigenvalue weighted by Crippen LogP contribution is 2.61. The number of aliphatic hydroxyl groups excluding tert-OH is 2. The molecule has 1 heterocycles. The van der Waals surface area contributed by atoms with Crippen LogP contribution in [0.15, 0.2) is 48.5 Å². The average Bonchev–Trinajstić information content (AvgIpc) is 3.35. The van der Waals surface area contributed by atoms with Crippen LogP contribution in [-0.4, -0.2) is 64.5 Å². The van der Waals surface area contributed by atoms with E-state index in [9.17, 15) is 19.8 Å². The van der Waals surface area contributed by atoms with Crippen LogP contribution in [0.1, 0.15) is 69.8 Å². The van der Waals surface area contributed by atoms with Crippen LogP contribution in [0, 0.1) is 29.1 Å². The van der Waals surface area contributed by atoms with Gasteiger partial charge in [0, 0.05) is 24.1 Å². The number of hydrogen-bond donors (Lipinski definition) is 4. The molecule has 8 heteroatoms. The van der Waals surface area contributed by atoms with E-state index in [2.05, 4.69) is 31.4 Å². The molecule has 3 saturated carbocycles. The summed E-state index contributed by atoms with van der Waals surface area (Å²) in [5.41, 5.74) is 3.84. The van der Waals surface area contributed by atoms with Gasteiger partial charge in [0.1, 0.15) is 12.1 Å². The number of nitrogens with one attached hydrogen (secondary N) is 2. The van der Waals surface area contributed by atoms with Crippen LogP contribution in [0.2, 0.25) is 0 Å². The third-order valence-electron chi connectivity index (χ3n) is 10.3. The molecule has 4 fully saturated rings. The van der Waals surface area contributed by atoms with Crippen molar-refractivity contribution in [2.45, 2.75) is 84.7 Å². The molecule has 2 aromatic rings. The molecular formula is C34H47N3O5. The predicted octanol–water partition coefficient (Wildman–Crippen LogP) is 4.15. The summed E-state index contributed by atoms with van der Waals surface area (Å²) in [6, 6.07) is 14.9. The number of hydroxylamine groups is 2. The van der Waals surface area contributed by atoms with E-state index in [4.69, 9.17) is 4.84 Å². The molecule has 2 bridgehead atoms. The number of nitrogens with zero attached hydrogens (tertiary/aromatic N) is 1. The summed E-state index contributed by atoms with van der Waals surface area (Å²) < 4.78 is 0. The highest BCUT2D eigenvalue weighted by molar-refractivity contribution is 5.94. The van der Waals surface area contributed by atoms with E-state index in [0.29, 0.717) is 41.8 Å². The number of aliphatic hydroxyl groups is 2. The van der Waals surface area contributed by atoms with Crippen molar-refractivity contribution in [2.24, 2.45) is 29.1 Å². The highest BCUT2D eigenvalue weighted by Gasteiger charge is 2.57. The fraction of sp³-hybridized carbons (Fsp3) is 0.588. The molecular weight excluding hydrogens is 530 g/mol. The van der Waals surface area contributed by atoms with E-state index < -0.39 is 24.2 Å². The summed E-state index contributed by atoms with van der Waals surface area (Å²) in [4.78, 5) is 32.3. The van der Waals surface area contributed by atoms with Gasteiger partial charge in [0.2, 0.25) is 5.91 Å². The van der Waals surface area contributed by atoms with Crippen molar-refractivity contribution in [1.29, 1.82) is 0 Å². The van der Waals surface area contributed by atoms with Crippen LogP contribution in [-0.2, 0) is 16.2 Å². The van der Waals surface area contributed by atoms with Crippen molar-refractivity contribution in [1.82, 2.24) is 15.7 Å². The Kier molecular flexibility index (Phi) is 9.09. The number of amides is 2. The van der Waals surface area contributed by atoms with Gasteiger partial charge in [0.25, 0.3) is 5.91 Å².